The van der Waals surface area contributed by atoms with Crippen molar-refractivity contribution >= 4 is 21.6 Å². The molecule has 5 nitrogen and oxygen atoms in total. The highest BCUT2D eigenvalue weighted by atomic mass is 32.2. The van der Waals surface area contributed by atoms with Crippen LogP contribution in [0.4, 0.5) is 5.69 Å². The summed E-state index contributed by atoms with van der Waals surface area (Å²) in [6.45, 7) is 4.79. The molecule has 0 aromatic heterocycles. The van der Waals surface area contributed by atoms with E-state index in [2.05, 4.69) is 0 Å². The Hall–Kier alpha value is -1.56. The maximum absolute atomic E-state index is 12.3. The molecule has 1 atom stereocenters. The van der Waals surface area contributed by atoms with Crippen molar-refractivity contribution in [3.05, 3.63) is 24.3 Å². The maximum atomic E-state index is 12.3. The molecule has 1 aromatic carbocycles. The summed E-state index contributed by atoms with van der Waals surface area (Å²) in [6.07, 6.45) is 0.563. The van der Waals surface area contributed by atoms with E-state index in [0.717, 1.165) is 4.31 Å². The Morgan fingerprint density at radius 1 is 1.33 bits per heavy atom. The largest absolute Gasteiger partial charge is 0.399 e. The van der Waals surface area contributed by atoms with Gasteiger partial charge in [-0.05, 0) is 37.6 Å². The van der Waals surface area contributed by atoms with Gasteiger partial charge in [0, 0.05) is 18.7 Å². The zero-order valence-corrected chi connectivity index (χ0v) is 11.6. The third kappa shape index (κ3) is 2.81. The Labute approximate surface area is 108 Å². The highest BCUT2D eigenvalue weighted by molar-refractivity contribution is 7.89. The van der Waals surface area contributed by atoms with Gasteiger partial charge in [-0.3, -0.25) is 4.79 Å². The fourth-order valence-electron chi connectivity index (χ4n) is 1.64. The zero-order valence-electron chi connectivity index (χ0n) is 10.8. The minimum absolute atomic E-state index is 0.0761. The number of carbonyl (C=O) groups is 1. The Kier molecular flexibility index (Phi) is 4.34. The first-order valence-corrected chi connectivity index (χ1v) is 7.15. The first kappa shape index (κ1) is 14.5. The van der Waals surface area contributed by atoms with E-state index in [-0.39, 0.29) is 10.9 Å². The summed E-state index contributed by atoms with van der Waals surface area (Å²) in [5.74, 6) is -0.485. The van der Waals surface area contributed by atoms with E-state index in [1.807, 2.05) is 6.92 Å². The monoisotopic (exact) mass is 270 g/mol. The molecule has 0 aliphatic carbocycles. The summed E-state index contributed by atoms with van der Waals surface area (Å²) in [5.41, 5.74) is 6.00. The molecule has 0 heterocycles. The molecule has 0 saturated heterocycles. The number of amides is 1. The number of sulfonamides is 1. The summed E-state index contributed by atoms with van der Waals surface area (Å²) in [7, 11) is -3.80. The van der Waals surface area contributed by atoms with Crippen LogP contribution < -0.4 is 5.73 Å². The van der Waals surface area contributed by atoms with Gasteiger partial charge in [0.1, 0.15) is 0 Å². The van der Waals surface area contributed by atoms with Crippen LogP contribution in [0.5, 0.6) is 0 Å². The average Bonchev–Trinajstić information content (AvgIpc) is 2.28. The quantitative estimate of drug-likeness (QED) is 0.843. The van der Waals surface area contributed by atoms with E-state index in [1.54, 1.807) is 6.92 Å². The molecule has 1 aromatic rings. The molecule has 100 valence electrons. The van der Waals surface area contributed by atoms with Crippen LogP contribution in [0.1, 0.15) is 27.2 Å². The first-order chi connectivity index (χ1) is 8.30. The number of carbonyl (C=O) groups excluding carboxylic acids is 1. The van der Waals surface area contributed by atoms with Crippen molar-refractivity contribution in [2.24, 2.45) is 0 Å². The molecule has 18 heavy (non-hydrogen) atoms. The lowest BCUT2D eigenvalue weighted by Gasteiger charge is -2.26. The first-order valence-electron chi connectivity index (χ1n) is 5.71. The fourth-order valence-corrected chi connectivity index (χ4v) is 3.30. The molecular formula is C12H18N2O3S. The highest BCUT2D eigenvalue weighted by Crippen LogP contribution is 2.20. The van der Waals surface area contributed by atoms with Gasteiger partial charge < -0.3 is 5.73 Å². The molecule has 0 bridgehead atoms. The third-order valence-corrected chi connectivity index (χ3v) is 4.74. The third-order valence-electron chi connectivity index (χ3n) is 2.74. The molecule has 0 saturated carbocycles. The van der Waals surface area contributed by atoms with Crippen LogP contribution in [0, 0.1) is 0 Å². The van der Waals surface area contributed by atoms with Crippen LogP contribution in [-0.4, -0.2) is 24.7 Å². The average molecular weight is 270 g/mol. The standard InChI is InChI=1S/C12H18N2O3S/c1-4-9(2)14(10(3)15)18(16,17)12-7-5-11(13)6-8-12/h5-9H,4,13H2,1-3H3. The minimum Gasteiger partial charge on any atom is -0.399 e. The van der Waals surface area contributed by atoms with Gasteiger partial charge in [0.2, 0.25) is 5.91 Å². The summed E-state index contributed by atoms with van der Waals surface area (Å²) in [4.78, 5) is 11.6. The van der Waals surface area contributed by atoms with E-state index in [4.69, 9.17) is 5.73 Å². The zero-order chi connectivity index (χ0) is 13.9. The van der Waals surface area contributed by atoms with Gasteiger partial charge >= 0.3 is 0 Å². The number of nitrogens with zero attached hydrogens (tertiary/aromatic N) is 1. The van der Waals surface area contributed by atoms with Crippen LogP contribution in [0.2, 0.25) is 0 Å². The number of nitrogens with two attached hydrogens (primary N) is 1. The predicted octanol–water partition coefficient (Wildman–Crippen LogP) is 1.60. The lowest BCUT2D eigenvalue weighted by molar-refractivity contribution is -0.125. The van der Waals surface area contributed by atoms with E-state index in [9.17, 15) is 13.2 Å². The molecule has 0 spiro atoms. The van der Waals surface area contributed by atoms with Crippen molar-refractivity contribution in [2.75, 3.05) is 5.73 Å². The van der Waals surface area contributed by atoms with Crippen LogP contribution >= 0.6 is 0 Å². The second-order valence-electron chi connectivity index (χ2n) is 4.15. The van der Waals surface area contributed by atoms with Crippen molar-refractivity contribution in [3.63, 3.8) is 0 Å². The molecular weight excluding hydrogens is 252 g/mol. The number of hydrogen-bond donors (Lipinski definition) is 1. The van der Waals surface area contributed by atoms with Gasteiger partial charge in [-0.15, -0.1) is 0 Å². The van der Waals surface area contributed by atoms with E-state index >= 15 is 0 Å². The molecule has 0 fully saturated rings. The Balaban J connectivity index is 3.25. The normalized spacial score (nSPS) is 13.1. The molecule has 1 unspecified atom stereocenters. The van der Waals surface area contributed by atoms with Crippen LogP contribution in [-0.2, 0) is 14.8 Å². The minimum atomic E-state index is -3.80. The Morgan fingerprint density at radius 2 is 1.83 bits per heavy atom. The maximum Gasteiger partial charge on any atom is 0.266 e. The molecule has 2 N–H and O–H groups in total. The number of benzene rings is 1. The molecule has 0 aliphatic heterocycles. The predicted molar refractivity (Wildman–Crippen MR) is 70.3 cm³/mol. The lowest BCUT2D eigenvalue weighted by Crippen LogP contribution is -2.41. The van der Waals surface area contributed by atoms with Crippen LogP contribution in [0.25, 0.3) is 0 Å². The summed E-state index contributed by atoms with van der Waals surface area (Å²) >= 11 is 0. The van der Waals surface area contributed by atoms with Crippen LogP contribution in [0.15, 0.2) is 29.2 Å². The van der Waals surface area contributed by atoms with E-state index < -0.39 is 15.9 Å². The lowest BCUT2D eigenvalue weighted by atomic mass is 10.3. The summed E-state index contributed by atoms with van der Waals surface area (Å²) in [6, 6.07) is 5.44. The molecule has 6 heteroatoms. The van der Waals surface area contributed by atoms with Crippen molar-refractivity contribution in [1.29, 1.82) is 0 Å². The van der Waals surface area contributed by atoms with Crippen molar-refractivity contribution in [3.8, 4) is 0 Å². The van der Waals surface area contributed by atoms with Gasteiger partial charge in [0.05, 0.1) is 4.90 Å². The second kappa shape index (κ2) is 5.39. The van der Waals surface area contributed by atoms with E-state index in [0.29, 0.717) is 12.1 Å². The molecule has 1 rings (SSSR count). The van der Waals surface area contributed by atoms with Gasteiger partial charge in [0.25, 0.3) is 10.0 Å². The van der Waals surface area contributed by atoms with Crippen molar-refractivity contribution in [1.82, 2.24) is 4.31 Å². The van der Waals surface area contributed by atoms with E-state index in [1.165, 1.54) is 31.2 Å². The number of anilines is 1. The molecule has 0 radical (unpaired) electrons. The van der Waals surface area contributed by atoms with Gasteiger partial charge in [-0.2, -0.15) is 0 Å². The fraction of sp³-hybridized carbons (Fsp3) is 0.417. The number of nitrogen functional groups attached to an aromatic ring is 1. The molecule has 1 amide bonds. The van der Waals surface area contributed by atoms with Gasteiger partial charge in [-0.25, -0.2) is 12.7 Å². The summed E-state index contributed by atoms with van der Waals surface area (Å²) in [5, 5.41) is 0. The SMILES string of the molecule is CCC(C)N(C(C)=O)S(=O)(=O)c1ccc(N)cc1. The van der Waals surface area contributed by atoms with Crippen molar-refractivity contribution in [2.45, 2.75) is 38.1 Å². The number of hydrogen-bond acceptors (Lipinski definition) is 4. The van der Waals surface area contributed by atoms with Gasteiger partial charge in [-0.1, -0.05) is 6.92 Å². The van der Waals surface area contributed by atoms with Crippen LogP contribution in [0.3, 0.4) is 0 Å². The Morgan fingerprint density at radius 3 is 2.22 bits per heavy atom. The summed E-state index contributed by atoms with van der Waals surface area (Å²) < 4.78 is 25.6. The van der Waals surface area contributed by atoms with Gasteiger partial charge in [0.15, 0.2) is 0 Å². The molecule has 0 aliphatic rings. The highest BCUT2D eigenvalue weighted by Gasteiger charge is 2.30. The number of rotatable bonds is 4. The van der Waals surface area contributed by atoms with Crippen molar-refractivity contribution < 1.29 is 13.2 Å². The Bertz CT molecular complexity index is 523. The smallest absolute Gasteiger partial charge is 0.266 e. The second-order valence-corrected chi connectivity index (χ2v) is 5.96. The topological polar surface area (TPSA) is 80.5 Å².